The van der Waals surface area contributed by atoms with Gasteiger partial charge in [-0.15, -0.1) is 0 Å². The maximum atomic E-state index is 2.37. The van der Waals surface area contributed by atoms with Gasteiger partial charge in [0.05, 0.1) is 0 Å². The van der Waals surface area contributed by atoms with Crippen LogP contribution in [0.15, 0.2) is 36.4 Å². The van der Waals surface area contributed by atoms with E-state index in [2.05, 4.69) is 64.1 Å². The van der Waals surface area contributed by atoms with Crippen LogP contribution in [0.4, 0.5) is 0 Å². The van der Waals surface area contributed by atoms with E-state index in [1.54, 1.807) is 11.1 Å². The van der Waals surface area contributed by atoms with Crippen LogP contribution in [0, 0.1) is 27.7 Å². The van der Waals surface area contributed by atoms with E-state index in [9.17, 15) is 0 Å². The van der Waals surface area contributed by atoms with E-state index in [1.165, 1.54) is 30.1 Å². The molecule has 0 amide bonds. The molecule has 0 aliphatic heterocycles. The third kappa shape index (κ3) is 4.76. The number of aryl methyl sites for hydroxylation is 4. The van der Waals surface area contributed by atoms with Crippen molar-refractivity contribution in [1.82, 2.24) is 0 Å². The van der Waals surface area contributed by atoms with Gasteiger partial charge in [-0.25, -0.2) is 0 Å². The summed E-state index contributed by atoms with van der Waals surface area (Å²) in [5.41, 5.74) is 8.79. The Hall–Kier alpha value is -0.625. The van der Waals surface area contributed by atoms with Crippen molar-refractivity contribution >= 4 is 0 Å². The third-order valence-corrected chi connectivity index (χ3v) is 10.7. The Morgan fingerprint density at radius 3 is 1.21 bits per heavy atom. The molecule has 0 nitrogen and oxygen atoms in total. The van der Waals surface area contributed by atoms with Crippen molar-refractivity contribution in [3.8, 4) is 0 Å². The summed E-state index contributed by atoms with van der Waals surface area (Å²) in [4.78, 5) is 0. The van der Waals surface area contributed by atoms with Gasteiger partial charge in [-0.05, 0) is 0 Å². The molecule has 2 aromatic carbocycles. The summed E-state index contributed by atoms with van der Waals surface area (Å²) >= 11 is -0.815. The SMILES string of the molecule is Cc1cc(C)cc([CH2][Hg][CH2]c2cc(C)cc(C)c2)c1. The van der Waals surface area contributed by atoms with Gasteiger partial charge in [0.2, 0.25) is 0 Å². The zero-order valence-corrected chi connectivity index (χ0v) is 18.1. The first-order valence-corrected chi connectivity index (χ1v) is 14.9. The molecule has 0 spiro atoms. The molecule has 19 heavy (non-hydrogen) atoms. The normalized spacial score (nSPS) is 10.3. The van der Waals surface area contributed by atoms with Crippen LogP contribution in [0.1, 0.15) is 33.4 Å². The zero-order chi connectivity index (χ0) is 13.8. The van der Waals surface area contributed by atoms with Crippen LogP contribution in [0.2, 0.25) is 0 Å². The van der Waals surface area contributed by atoms with Crippen LogP contribution < -0.4 is 0 Å². The van der Waals surface area contributed by atoms with E-state index >= 15 is 0 Å². The summed E-state index contributed by atoms with van der Waals surface area (Å²) in [5, 5.41) is 0. The minimum atomic E-state index is -0.815. The molecule has 2 rings (SSSR count). The fraction of sp³-hybridized carbons (Fsp3) is 0.333. The Kier molecular flexibility index (Phi) is 5.21. The van der Waals surface area contributed by atoms with E-state index in [0.717, 1.165) is 0 Å². The third-order valence-electron chi connectivity index (χ3n) is 3.49. The summed E-state index contributed by atoms with van der Waals surface area (Å²) < 4.78 is 2.80. The molecule has 0 atom stereocenters. The van der Waals surface area contributed by atoms with Crippen molar-refractivity contribution in [2.75, 3.05) is 0 Å². The standard InChI is InChI=1S/2C9H11.Hg/c2*1-7-4-8(2)6-9(3)5-7;/h2*4-6H,1H2,2-3H3;. The zero-order valence-electron chi connectivity index (χ0n) is 12.6. The van der Waals surface area contributed by atoms with Crippen LogP contribution in [-0.2, 0) is 32.4 Å². The molecule has 96 valence electrons. The van der Waals surface area contributed by atoms with Gasteiger partial charge in [0, 0.05) is 0 Å². The Morgan fingerprint density at radius 2 is 0.895 bits per heavy atom. The number of benzene rings is 2. The van der Waals surface area contributed by atoms with E-state index in [0.29, 0.717) is 0 Å². The van der Waals surface area contributed by atoms with Gasteiger partial charge < -0.3 is 0 Å². The number of rotatable bonds is 4. The van der Waals surface area contributed by atoms with Gasteiger partial charge in [0.25, 0.3) is 0 Å². The number of hydrogen-bond donors (Lipinski definition) is 0. The van der Waals surface area contributed by atoms with Gasteiger partial charge in [-0.1, -0.05) is 0 Å². The van der Waals surface area contributed by atoms with Crippen LogP contribution in [0.3, 0.4) is 0 Å². The predicted molar refractivity (Wildman–Crippen MR) is 79.2 cm³/mol. The topological polar surface area (TPSA) is 0 Å². The second-order valence-corrected chi connectivity index (χ2v) is 12.5. The first kappa shape index (κ1) is 14.8. The van der Waals surface area contributed by atoms with Gasteiger partial charge in [-0.2, -0.15) is 0 Å². The van der Waals surface area contributed by atoms with E-state index in [1.807, 2.05) is 0 Å². The van der Waals surface area contributed by atoms with Gasteiger partial charge >= 0.3 is 130 Å². The van der Waals surface area contributed by atoms with Crippen LogP contribution in [-0.4, -0.2) is 0 Å². The molecule has 0 N–H and O–H groups in total. The fourth-order valence-electron chi connectivity index (χ4n) is 2.92. The van der Waals surface area contributed by atoms with Crippen molar-refractivity contribution in [3.63, 3.8) is 0 Å². The second kappa shape index (κ2) is 6.70. The van der Waals surface area contributed by atoms with E-state index in [4.69, 9.17) is 0 Å². The molecule has 0 fully saturated rings. The van der Waals surface area contributed by atoms with Gasteiger partial charge in [-0.3, -0.25) is 0 Å². The summed E-state index contributed by atoms with van der Waals surface area (Å²) in [5.74, 6) is 0. The average molecular weight is 439 g/mol. The first-order chi connectivity index (χ1) is 9.02. The van der Waals surface area contributed by atoms with Crippen LogP contribution in [0.25, 0.3) is 0 Å². The Morgan fingerprint density at radius 1 is 0.579 bits per heavy atom. The monoisotopic (exact) mass is 440 g/mol. The number of hydrogen-bond acceptors (Lipinski definition) is 0. The molecule has 0 aromatic heterocycles. The molecule has 0 aliphatic rings. The van der Waals surface area contributed by atoms with Crippen molar-refractivity contribution in [1.29, 1.82) is 0 Å². The van der Waals surface area contributed by atoms with Crippen LogP contribution in [0.5, 0.6) is 0 Å². The minimum absolute atomic E-state index is 0.815. The quantitative estimate of drug-likeness (QED) is 0.607. The van der Waals surface area contributed by atoms with Crippen molar-refractivity contribution in [2.24, 2.45) is 0 Å². The predicted octanol–water partition coefficient (Wildman–Crippen LogP) is 4.70. The van der Waals surface area contributed by atoms with Crippen molar-refractivity contribution in [2.45, 2.75) is 35.6 Å². The van der Waals surface area contributed by atoms with E-state index < -0.39 is 24.6 Å². The summed E-state index contributed by atoms with van der Waals surface area (Å²) in [7, 11) is 0. The molecular weight excluding hydrogens is 417 g/mol. The van der Waals surface area contributed by atoms with Crippen molar-refractivity contribution < 1.29 is 24.6 Å². The molecule has 0 saturated heterocycles. The Labute approximate surface area is 129 Å². The average Bonchev–Trinajstić information content (AvgIpc) is 2.26. The van der Waals surface area contributed by atoms with Gasteiger partial charge in [0.1, 0.15) is 0 Å². The molecule has 0 aliphatic carbocycles. The van der Waals surface area contributed by atoms with Crippen molar-refractivity contribution in [3.05, 3.63) is 69.8 Å². The molecule has 0 heterocycles. The summed E-state index contributed by atoms with van der Waals surface area (Å²) in [6.45, 7) is 8.82. The van der Waals surface area contributed by atoms with Gasteiger partial charge in [0.15, 0.2) is 0 Å². The van der Waals surface area contributed by atoms with E-state index in [-0.39, 0.29) is 0 Å². The van der Waals surface area contributed by atoms with Crippen LogP contribution >= 0.6 is 0 Å². The Bertz CT molecular complexity index is 478. The maximum absolute atomic E-state index is 2.37. The molecule has 0 unspecified atom stereocenters. The molecule has 0 bridgehead atoms. The fourth-order valence-corrected chi connectivity index (χ4v) is 9.03. The molecular formula is C18H22Hg. The summed E-state index contributed by atoms with van der Waals surface area (Å²) in [6, 6.07) is 14.0. The summed E-state index contributed by atoms with van der Waals surface area (Å²) in [6.07, 6.45) is 0. The molecule has 2 aromatic rings. The molecule has 1 heteroatoms. The first-order valence-electron chi connectivity index (χ1n) is 7.17. The molecule has 0 saturated carbocycles. The Balaban J connectivity index is 1.96. The molecule has 0 radical (unpaired) electrons. The second-order valence-electron chi connectivity index (χ2n) is 5.85.